The number of rotatable bonds is 6. The molecule has 0 spiro atoms. The number of nitrogens with one attached hydrogen (secondary N) is 1. The Balaban J connectivity index is 2.05. The maximum absolute atomic E-state index is 14.3. The molecule has 0 saturated heterocycles. The third kappa shape index (κ3) is 4.29. The molecule has 1 N–H and O–H groups in total. The molecule has 1 aliphatic rings. The average molecular weight is 382 g/mol. The van der Waals surface area contributed by atoms with Crippen molar-refractivity contribution < 1.29 is 32.7 Å². The maximum Gasteiger partial charge on any atom is 0.351 e. The number of imide groups is 1. The Morgan fingerprint density at radius 2 is 1.81 bits per heavy atom. The summed E-state index contributed by atoms with van der Waals surface area (Å²) in [6.45, 7) is 3.89. The van der Waals surface area contributed by atoms with Crippen molar-refractivity contribution in [1.82, 2.24) is 10.2 Å². The second kappa shape index (κ2) is 7.81. The predicted molar refractivity (Wildman–Crippen MR) is 89.8 cm³/mol. The van der Waals surface area contributed by atoms with Crippen molar-refractivity contribution >= 4 is 23.7 Å². The molecule has 0 fully saturated rings. The Morgan fingerprint density at radius 1 is 1.19 bits per heavy atom. The first-order chi connectivity index (χ1) is 12.6. The highest BCUT2D eigenvalue weighted by Gasteiger charge is 2.52. The molecule has 146 valence electrons. The van der Waals surface area contributed by atoms with Gasteiger partial charge in [0.15, 0.2) is 0 Å². The molecule has 0 unspecified atom stereocenters. The van der Waals surface area contributed by atoms with Gasteiger partial charge in [0.25, 0.3) is 5.91 Å². The number of halogens is 2. The molecule has 0 saturated carbocycles. The van der Waals surface area contributed by atoms with Crippen molar-refractivity contribution in [2.75, 3.05) is 13.1 Å². The number of hydrogen-bond acceptors (Lipinski definition) is 5. The topological polar surface area (TPSA) is 92.8 Å². The summed E-state index contributed by atoms with van der Waals surface area (Å²) >= 11 is 0. The summed E-state index contributed by atoms with van der Waals surface area (Å²) in [5, 5.41) is 2.35. The van der Waals surface area contributed by atoms with E-state index < -0.39 is 47.6 Å². The summed E-state index contributed by atoms with van der Waals surface area (Å²) < 4.78 is 33.5. The fraction of sp³-hybridized carbons (Fsp3) is 0.444. The molecule has 0 aliphatic carbocycles. The Kier molecular flexibility index (Phi) is 5.92. The van der Waals surface area contributed by atoms with E-state index in [4.69, 9.17) is 4.74 Å². The average Bonchev–Trinajstić information content (AvgIpc) is 2.61. The van der Waals surface area contributed by atoms with Crippen LogP contribution in [0.2, 0.25) is 0 Å². The van der Waals surface area contributed by atoms with Gasteiger partial charge in [-0.15, -0.1) is 0 Å². The second-order valence-corrected chi connectivity index (χ2v) is 6.51. The molecule has 1 aliphatic heterocycles. The lowest BCUT2D eigenvalue weighted by Gasteiger charge is -2.31. The van der Waals surface area contributed by atoms with Crippen LogP contribution >= 0.6 is 0 Å². The number of carbonyl (C=O) groups excluding carboxylic acids is 4. The largest absolute Gasteiger partial charge is 0.463 e. The normalized spacial score (nSPS) is 16.7. The lowest BCUT2D eigenvalue weighted by Crippen LogP contribution is -2.53. The first-order valence-corrected chi connectivity index (χ1v) is 8.36. The maximum atomic E-state index is 14.3. The van der Waals surface area contributed by atoms with Gasteiger partial charge in [-0.25, -0.2) is 0 Å². The van der Waals surface area contributed by atoms with Gasteiger partial charge >= 0.3 is 17.8 Å². The molecule has 3 amide bonds. The van der Waals surface area contributed by atoms with Gasteiger partial charge in [0.2, 0.25) is 5.91 Å². The molecule has 0 bridgehead atoms. The van der Waals surface area contributed by atoms with Crippen molar-refractivity contribution in [2.45, 2.75) is 32.8 Å². The van der Waals surface area contributed by atoms with Crippen molar-refractivity contribution in [1.29, 1.82) is 0 Å². The van der Waals surface area contributed by atoms with Crippen LogP contribution in [0.5, 0.6) is 0 Å². The van der Waals surface area contributed by atoms with E-state index in [-0.39, 0.29) is 23.1 Å². The molecule has 1 heterocycles. The highest BCUT2D eigenvalue weighted by atomic mass is 19.3. The fourth-order valence-corrected chi connectivity index (χ4v) is 2.51. The Labute approximate surface area is 154 Å². The Bertz CT molecular complexity index is 779. The lowest BCUT2D eigenvalue weighted by molar-refractivity contribution is -0.159. The minimum absolute atomic E-state index is 0.117. The molecule has 9 heteroatoms. The number of carbonyl (C=O) groups is 4. The van der Waals surface area contributed by atoms with Crippen molar-refractivity contribution in [2.24, 2.45) is 5.92 Å². The smallest absolute Gasteiger partial charge is 0.351 e. The van der Waals surface area contributed by atoms with Crippen molar-refractivity contribution in [3.8, 4) is 0 Å². The third-order valence-corrected chi connectivity index (χ3v) is 3.92. The SMILES string of the molecule is CC(C)OC(=O)[C@H](C)CNC(=O)CN1C(=O)c2ccccc2C(F)(F)C1=O. The van der Waals surface area contributed by atoms with Crippen LogP contribution < -0.4 is 5.32 Å². The predicted octanol–water partition coefficient (Wildman–Crippen LogP) is 1.46. The number of fused-ring (bicyclic) bond motifs is 1. The zero-order chi connectivity index (χ0) is 20.4. The van der Waals surface area contributed by atoms with Crippen LogP contribution in [0.3, 0.4) is 0 Å². The summed E-state index contributed by atoms with van der Waals surface area (Å²) in [5.41, 5.74) is -1.01. The third-order valence-electron chi connectivity index (χ3n) is 3.92. The van der Waals surface area contributed by atoms with Crippen LogP contribution in [0.25, 0.3) is 0 Å². The van der Waals surface area contributed by atoms with Gasteiger partial charge in [-0.1, -0.05) is 25.1 Å². The van der Waals surface area contributed by atoms with E-state index in [1.807, 2.05) is 0 Å². The monoisotopic (exact) mass is 382 g/mol. The number of amides is 3. The summed E-state index contributed by atoms with van der Waals surface area (Å²) in [7, 11) is 0. The quantitative estimate of drug-likeness (QED) is 0.594. The highest BCUT2D eigenvalue weighted by molar-refractivity contribution is 6.13. The molecule has 1 aromatic carbocycles. The van der Waals surface area contributed by atoms with Gasteiger partial charge in [0.1, 0.15) is 6.54 Å². The standard InChI is InChI=1S/C18H20F2N2O5/c1-10(2)27-16(25)11(3)8-21-14(23)9-22-15(24)12-6-4-5-7-13(12)18(19,20)17(22)26/h4-7,10-11H,8-9H2,1-3H3,(H,21,23)/t11-/m1/s1. The second-order valence-electron chi connectivity index (χ2n) is 6.51. The molecular formula is C18H20F2N2O5. The van der Waals surface area contributed by atoms with Gasteiger partial charge in [0.05, 0.1) is 12.0 Å². The van der Waals surface area contributed by atoms with Crippen LogP contribution in [-0.2, 0) is 25.0 Å². The minimum atomic E-state index is -3.90. The zero-order valence-corrected chi connectivity index (χ0v) is 15.1. The van der Waals surface area contributed by atoms with E-state index in [2.05, 4.69) is 5.32 Å². The number of esters is 1. The van der Waals surface area contributed by atoms with Gasteiger partial charge in [-0.3, -0.25) is 24.1 Å². The number of nitrogens with zero attached hydrogens (tertiary/aromatic N) is 1. The lowest BCUT2D eigenvalue weighted by atomic mass is 9.95. The van der Waals surface area contributed by atoms with E-state index in [1.54, 1.807) is 13.8 Å². The van der Waals surface area contributed by atoms with Crippen LogP contribution in [0.15, 0.2) is 24.3 Å². The van der Waals surface area contributed by atoms with E-state index in [9.17, 15) is 28.0 Å². The van der Waals surface area contributed by atoms with Crippen molar-refractivity contribution in [3.05, 3.63) is 35.4 Å². The van der Waals surface area contributed by atoms with Crippen LogP contribution in [0.1, 0.15) is 36.7 Å². The van der Waals surface area contributed by atoms with Gasteiger partial charge in [-0.05, 0) is 19.9 Å². The van der Waals surface area contributed by atoms with Crippen LogP contribution in [0, 0.1) is 5.92 Å². The van der Waals surface area contributed by atoms with E-state index in [0.29, 0.717) is 0 Å². The molecule has 7 nitrogen and oxygen atoms in total. The summed E-state index contributed by atoms with van der Waals surface area (Å²) in [5.74, 6) is -8.67. The number of benzene rings is 1. The van der Waals surface area contributed by atoms with Gasteiger partial charge in [-0.2, -0.15) is 8.78 Å². The number of alkyl halides is 2. The molecule has 27 heavy (non-hydrogen) atoms. The molecule has 1 aromatic rings. The van der Waals surface area contributed by atoms with E-state index in [0.717, 1.165) is 6.07 Å². The summed E-state index contributed by atoms with van der Waals surface area (Å²) in [6, 6.07) is 4.87. The molecular weight excluding hydrogens is 362 g/mol. The van der Waals surface area contributed by atoms with Gasteiger partial charge in [0, 0.05) is 17.7 Å². The number of ether oxygens (including phenoxy) is 1. The fourth-order valence-electron chi connectivity index (χ4n) is 2.51. The zero-order valence-electron chi connectivity index (χ0n) is 15.1. The highest BCUT2D eigenvalue weighted by Crippen LogP contribution is 2.37. The summed E-state index contributed by atoms with van der Waals surface area (Å²) in [6.07, 6.45) is -0.318. The Morgan fingerprint density at radius 3 is 2.44 bits per heavy atom. The van der Waals surface area contributed by atoms with Crippen molar-refractivity contribution in [3.63, 3.8) is 0 Å². The van der Waals surface area contributed by atoms with E-state index >= 15 is 0 Å². The molecule has 0 aromatic heterocycles. The van der Waals surface area contributed by atoms with E-state index in [1.165, 1.54) is 25.1 Å². The van der Waals surface area contributed by atoms with Crippen LogP contribution in [-0.4, -0.2) is 47.8 Å². The first kappa shape index (κ1) is 20.5. The van der Waals surface area contributed by atoms with Crippen LogP contribution in [0.4, 0.5) is 8.78 Å². The summed E-state index contributed by atoms with van der Waals surface area (Å²) in [4.78, 5) is 48.3. The molecule has 1 atom stereocenters. The first-order valence-electron chi connectivity index (χ1n) is 8.36. The van der Waals surface area contributed by atoms with Gasteiger partial charge < -0.3 is 10.1 Å². The molecule has 0 radical (unpaired) electrons. The Hall–Kier alpha value is -2.84. The molecule has 2 rings (SSSR count). The number of hydrogen-bond donors (Lipinski definition) is 1. The minimum Gasteiger partial charge on any atom is -0.463 e.